The lowest BCUT2D eigenvalue weighted by Gasteiger charge is -2.06. The molecule has 0 aliphatic carbocycles. The van der Waals surface area contributed by atoms with Crippen molar-refractivity contribution in [1.29, 1.82) is 0 Å². The van der Waals surface area contributed by atoms with Crippen LogP contribution in [0.4, 0.5) is 0 Å². The van der Waals surface area contributed by atoms with E-state index in [9.17, 15) is 0 Å². The summed E-state index contributed by atoms with van der Waals surface area (Å²) in [7, 11) is 1.92. The molecule has 0 saturated heterocycles. The van der Waals surface area contributed by atoms with Crippen LogP contribution in [-0.4, -0.2) is 14.7 Å². The molecule has 1 aromatic carbocycles. The van der Waals surface area contributed by atoms with E-state index in [0.29, 0.717) is 6.61 Å². The van der Waals surface area contributed by atoms with Crippen LogP contribution in [0, 0.1) is 0 Å². The molecule has 0 atom stereocenters. The molecule has 0 spiro atoms. The molecule has 0 saturated carbocycles. The molecule has 1 N–H and O–H groups in total. The standard InChI is InChI=1S/C11H12N2O2/c1-13-8-12-6-9(13)7-15-11-4-2-10(14)3-5-11/h2-6,8,14H,7H2,1H3. The largest absolute Gasteiger partial charge is 0.508 e. The molecule has 78 valence electrons. The summed E-state index contributed by atoms with van der Waals surface area (Å²) in [5.41, 5.74) is 1.00. The van der Waals surface area contributed by atoms with Crippen molar-refractivity contribution < 1.29 is 9.84 Å². The number of imidazole rings is 1. The maximum absolute atomic E-state index is 9.08. The molecular weight excluding hydrogens is 192 g/mol. The van der Waals surface area contributed by atoms with E-state index >= 15 is 0 Å². The van der Waals surface area contributed by atoms with Crippen molar-refractivity contribution >= 4 is 0 Å². The van der Waals surface area contributed by atoms with E-state index in [1.165, 1.54) is 0 Å². The van der Waals surface area contributed by atoms with Gasteiger partial charge in [-0.1, -0.05) is 0 Å². The van der Waals surface area contributed by atoms with Gasteiger partial charge in [0.2, 0.25) is 0 Å². The Kier molecular flexibility index (Phi) is 2.58. The van der Waals surface area contributed by atoms with Crippen molar-refractivity contribution in [2.24, 2.45) is 7.05 Å². The number of hydrogen-bond acceptors (Lipinski definition) is 3. The predicted molar refractivity (Wildman–Crippen MR) is 55.6 cm³/mol. The number of aromatic nitrogens is 2. The highest BCUT2D eigenvalue weighted by Crippen LogP contribution is 2.16. The van der Waals surface area contributed by atoms with Crippen LogP contribution in [-0.2, 0) is 13.7 Å². The zero-order chi connectivity index (χ0) is 10.7. The van der Waals surface area contributed by atoms with Gasteiger partial charge in [0, 0.05) is 7.05 Å². The molecule has 0 aliphatic rings. The molecule has 1 aromatic heterocycles. The van der Waals surface area contributed by atoms with E-state index in [4.69, 9.17) is 9.84 Å². The Hall–Kier alpha value is -1.97. The van der Waals surface area contributed by atoms with Gasteiger partial charge in [0.25, 0.3) is 0 Å². The maximum atomic E-state index is 9.08. The third-order valence-electron chi connectivity index (χ3n) is 2.14. The molecular formula is C11H12N2O2. The summed E-state index contributed by atoms with van der Waals surface area (Å²) in [4.78, 5) is 3.99. The number of phenols is 1. The normalized spacial score (nSPS) is 10.2. The molecule has 1 heterocycles. The Morgan fingerprint density at radius 3 is 2.67 bits per heavy atom. The molecule has 4 heteroatoms. The molecule has 0 amide bonds. The van der Waals surface area contributed by atoms with E-state index in [1.54, 1.807) is 36.8 Å². The number of benzene rings is 1. The summed E-state index contributed by atoms with van der Waals surface area (Å²) in [6.45, 7) is 0.473. The minimum atomic E-state index is 0.239. The monoisotopic (exact) mass is 204 g/mol. The number of aromatic hydroxyl groups is 1. The summed E-state index contributed by atoms with van der Waals surface area (Å²) < 4.78 is 7.42. The van der Waals surface area contributed by atoms with Gasteiger partial charge in [0.15, 0.2) is 0 Å². The lowest BCUT2D eigenvalue weighted by molar-refractivity contribution is 0.296. The van der Waals surface area contributed by atoms with Crippen molar-refractivity contribution in [3.63, 3.8) is 0 Å². The van der Waals surface area contributed by atoms with Crippen molar-refractivity contribution in [2.75, 3.05) is 0 Å². The van der Waals surface area contributed by atoms with Crippen molar-refractivity contribution in [3.05, 3.63) is 42.5 Å². The molecule has 2 aromatic rings. The van der Waals surface area contributed by atoms with Crippen LogP contribution < -0.4 is 4.74 Å². The zero-order valence-electron chi connectivity index (χ0n) is 8.42. The quantitative estimate of drug-likeness (QED) is 0.827. The number of nitrogens with zero attached hydrogens (tertiary/aromatic N) is 2. The summed E-state index contributed by atoms with van der Waals surface area (Å²) in [5, 5.41) is 9.08. The molecule has 2 rings (SSSR count). The van der Waals surface area contributed by atoms with Crippen LogP contribution in [0.5, 0.6) is 11.5 Å². The second-order valence-corrected chi connectivity index (χ2v) is 3.28. The van der Waals surface area contributed by atoms with E-state index in [1.807, 2.05) is 11.6 Å². The Morgan fingerprint density at radius 1 is 1.33 bits per heavy atom. The number of phenolic OH excluding ortho intramolecular Hbond substituents is 1. The third kappa shape index (κ3) is 2.28. The Bertz CT molecular complexity index is 434. The Balaban J connectivity index is 1.99. The minimum absolute atomic E-state index is 0.239. The maximum Gasteiger partial charge on any atom is 0.130 e. The van der Waals surface area contributed by atoms with Gasteiger partial charge in [-0.05, 0) is 24.3 Å². The van der Waals surface area contributed by atoms with Crippen molar-refractivity contribution in [3.8, 4) is 11.5 Å². The van der Waals surface area contributed by atoms with E-state index in [0.717, 1.165) is 11.4 Å². The number of rotatable bonds is 3. The van der Waals surface area contributed by atoms with Gasteiger partial charge >= 0.3 is 0 Å². The average molecular weight is 204 g/mol. The van der Waals surface area contributed by atoms with Gasteiger partial charge in [0.1, 0.15) is 18.1 Å². The van der Waals surface area contributed by atoms with Crippen LogP contribution in [0.3, 0.4) is 0 Å². The van der Waals surface area contributed by atoms with Gasteiger partial charge < -0.3 is 14.4 Å². The smallest absolute Gasteiger partial charge is 0.130 e. The summed E-state index contributed by atoms with van der Waals surface area (Å²) >= 11 is 0. The summed E-state index contributed by atoms with van der Waals surface area (Å²) in [6, 6.07) is 6.65. The first-order chi connectivity index (χ1) is 7.25. The first kappa shape index (κ1) is 9.58. The van der Waals surface area contributed by atoms with Gasteiger partial charge in [-0.2, -0.15) is 0 Å². The number of ether oxygens (including phenoxy) is 1. The topological polar surface area (TPSA) is 47.3 Å². The number of aryl methyl sites for hydroxylation is 1. The highest BCUT2D eigenvalue weighted by molar-refractivity contribution is 5.30. The van der Waals surface area contributed by atoms with Gasteiger partial charge in [-0.15, -0.1) is 0 Å². The van der Waals surface area contributed by atoms with Crippen LogP contribution in [0.25, 0.3) is 0 Å². The molecule has 0 unspecified atom stereocenters. The molecule has 0 fully saturated rings. The second kappa shape index (κ2) is 4.04. The van der Waals surface area contributed by atoms with E-state index in [2.05, 4.69) is 4.98 Å². The van der Waals surface area contributed by atoms with Crippen LogP contribution in [0.15, 0.2) is 36.8 Å². The van der Waals surface area contributed by atoms with Crippen molar-refractivity contribution in [2.45, 2.75) is 6.61 Å². The highest BCUT2D eigenvalue weighted by atomic mass is 16.5. The average Bonchev–Trinajstić information content (AvgIpc) is 2.63. The second-order valence-electron chi connectivity index (χ2n) is 3.28. The fraction of sp³-hybridized carbons (Fsp3) is 0.182. The fourth-order valence-electron chi connectivity index (χ4n) is 1.22. The Labute approximate surface area is 87.8 Å². The van der Waals surface area contributed by atoms with Crippen molar-refractivity contribution in [1.82, 2.24) is 9.55 Å². The summed E-state index contributed by atoms with van der Waals surface area (Å²) in [5.74, 6) is 0.969. The SMILES string of the molecule is Cn1cncc1COc1ccc(O)cc1. The first-order valence-corrected chi connectivity index (χ1v) is 4.63. The number of hydrogen-bond donors (Lipinski definition) is 1. The predicted octanol–water partition coefficient (Wildman–Crippen LogP) is 1.70. The zero-order valence-corrected chi connectivity index (χ0v) is 8.42. The third-order valence-corrected chi connectivity index (χ3v) is 2.14. The van der Waals surface area contributed by atoms with Crippen LogP contribution >= 0.6 is 0 Å². The van der Waals surface area contributed by atoms with Gasteiger partial charge in [0.05, 0.1) is 18.2 Å². The van der Waals surface area contributed by atoms with Gasteiger partial charge in [-0.25, -0.2) is 4.98 Å². The molecule has 0 radical (unpaired) electrons. The Morgan fingerprint density at radius 2 is 2.07 bits per heavy atom. The van der Waals surface area contributed by atoms with E-state index < -0.39 is 0 Å². The lowest BCUT2D eigenvalue weighted by atomic mass is 10.3. The highest BCUT2D eigenvalue weighted by Gasteiger charge is 1.99. The molecule has 0 aliphatic heterocycles. The molecule has 15 heavy (non-hydrogen) atoms. The minimum Gasteiger partial charge on any atom is -0.508 e. The fourth-order valence-corrected chi connectivity index (χ4v) is 1.22. The van der Waals surface area contributed by atoms with Crippen LogP contribution in [0.1, 0.15) is 5.69 Å². The first-order valence-electron chi connectivity index (χ1n) is 4.63. The van der Waals surface area contributed by atoms with Crippen LogP contribution in [0.2, 0.25) is 0 Å². The molecule has 0 bridgehead atoms. The summed E-state index contributed by atoms with van der Waals surface area (Å²) in [6.07, 6.45) is 3.50. The van der Waals surface area contributed by atoms with Gasteiger partial charge in [-0.3, -0.25) is 0 Å². The van der Waals surface area contributed by atoms with E-state index in [-0.39, 0.29) is 5.75 Å². The molecule has 4 nitrogen and oxygen atoms in total. The lowest BCUT2D eigenvalue weighted by Crippen LogP contribution is -2.00.